The van der Waals surface area contributed by atoms with Gasteiger partial charge in [0, 0.05) is 23.7 Å². The molecule has 1 N–H and O–H groups in total. The highest BCUT2D eigenvalue weighted by Crippen LogP contribution is 2.24. The second-order valence-electron chi connectivity index (χ2n) is 7.43. The van der Waals surface area contributed by atoms with Gasteiger partial charge in [-0.05, 0) is 25.0 Å². The van der Waals surface area contributed by atoms with Gasteiger partial charge in [-0.15, -0.1) is 11.3 Å². The summed E-state index contributed by atoms with van der Waals surface area (Å²) in [5.41, 5.74) is 1.58. The molecule has 1 fully saturated rings. The summed E-state index contributed by atoms with van der Waals surface area (Å²) in [6.45, 7) is 1.06. The minimum absolute atomic E-state index is 0.0669. The van der Waals surface area contributed by atoms with E-state index >= 15 is 0 Å². The van der Waals surface area contributed by atoms with Crippen LogP contribution in [0.5, 0.6) is 0 Å². The number of benzene rings is 1. The number of carbonyl (C=O) groups is 1. The van der Waals surface area contributed by atoms with E-state index in [1.807, 2.05) is 5.38 Å². The third-order valence-electron chi connectivity index (χ3n) is 5.02. The maximum Gasteiger partial charge on any atom is 0.226 e. The summed E-state index contributed by atoms with van der Waals surface area (Å²) in [4.78, 5) is 16.9. The summed E-state index contributed by atoms with van der Waals surface area (Å²) in [5, 5.41) is 5.51. The van der Waals surface area contributed by atoms with E-state index in [1.54, 1.807) is 24.3 Å². The lowest BCUT2D eigenvalue weighted by molar-refractivity contribution is -0.120. The molecule has 2 aromatic rings. The Bertz CT molecular complexity index is 899. The van der Waals surface area contributed by atoms with E-state index in [0.29, 0.717) is 19.3 Å². The van der Waals surface area contributed by atoms with E-state index in [9.17, 15) is 13.2 Å². The minimum atomic E-state index is -3.21. The van der Waals surface area contributed by atoms with Crippen LogP contribution in [0.3, 0.4) is 0 Å². The normalized spacial score (nSPS) is 15.8. The smallest absolute Gasteiger partial charge is 0.226 e. The van der Waals surface area contributed by atoms with Gasteiger partial charge in [0.05, 0.1) is 29.7 Å². The van der Waals surface area contributed by atoms with Crippen molar-refractivity contribution >= 4 is 27.1 Å². The van der Waals surface area contributed by atoms with Crippen molar-refractivity contribution in [2.75, 3.05) is 19.4 Å². The molecule has 1 aliphatic rings. The molecular formula is C21H28N2O4S2. The van der Waals surface area contributed by atoms with Gasteiger partial charge in [0.1, 0.15) is 5.01 Å². The maximum absolute atomic E-state index is 12.2. The molecule has 158 valence electrons. The molecule has 1 amide bonds. The fraction of sp³-hybridized carbons (Fsp3) is 0.524. The van der Waals surface area contributed by atoms with Crippen molar-refractivity contribution in [1.82, 2.24) is 10.3 Å². The standard InChI is InChI=1S/C21H28N2O4S2/c1-29(25,26)18-10-8-16(9-11-18)19-15-28-21(23-19)14-20(24)22-12-13-27-17-6-4-2-3-5-7-17/h8-11,15,17H,2-7,12-14H2,1H3,(H,22,24). The molecule has 0 spiro atoms. The summed E-state index contributed by atoms with van der Waals surface area (Å²) >= 11 is 1.43. The van der Waals surface area contributed by atoms with Crippen molar-refractivity contribution in [2.24, 2.45) is 0 Å². The molecule has 0 radical (unpaired) electrons. The predicted molar refractivity (Wildman–Crippen MR) is 115 cm³/mol. The van der Waals surface area contributed by atoms with Crippen LogP contribution >= 0.6 is 11.3 Å². The van der Waals surface area contributed by atoms with Crippen molar-refractivity contribution in [3.8, 4) is 11.3 Å². The van der Waals surface area contributed by atoms with Crippen molar-refractivity contribution < 1.29 is 17.9 Å². The Labute approximate surface area is 176 Å². The number of aromatic nitrogens is 1. The molecule has 1 aromatic carbocycles. The number of sulfone groups is 1. The zero-order valence-electron chi connectivity index (χ0n) is 16.7. The average molecular weight is 437 g/mol. The molecule has 1 aliphatic carbocycles. The molecule has 1 aromatic heterocycles. The van der Waals surface area contributed by atoms with Gasteiger partial charge in [-0.1, -0.05) is 37.8 Å². The Kier molecular flexibility index (Phi) is 7.80. The van der Waals surface area contributed by atoms with Gasteiger partial charge in [-0.25, -0.2) is 13.4 Å². The Morgan fingerprint density at radius 3 is 2.52 bits per heavy atom. The topological polar surface area (TPSA) is 85.4 Å². The van der Waals surface area contributed by atoms with E-state index in [1.165, 1.54) is 43.3 Å². The van der Waals surface area contributed by atoms with Crippen LogP contribution in [0.2, 0.25) is 0 Å². The number of carbonyl (C=O) groups excluding carboxylic acids is 1. The molecule has 0 bridgehead atoms. The third-order valence-corrected chi connectivity index (χ3v) is 7.00. The number of hydrogen-bond acceptors (Lipinski definition) is 6. The maximum atomic E-state index is 12.2. The first kappa shape index (κ1) is 21.9. The number of hydrogen-bond donors (Lipinski definition) is 1. The van der Waals surface area contributed by atoms with E-state index in [2.05, 4.69) is 10.3 Å². The van der Waals surface area contributed by atoms with Crippen LogP contribution in [0, 0.1) is 0 Å². The van der Waals surface area contributed by atoms with Gasteiger partial charge >= 0.3 is 0 Å². The fourth-order valence-electron chi connectivity index (χ4n) is 3.42. The Balaban J connectivity index is 1.44. The van der Waals surface area contributed by atoms with E-state index in [0.717, 1.165) is 29.1 Å². The summed E-state index contributed by atoms with van der Waals surface area (Å²) in [6, 6.07) is 6.62. The predicted octanol–water partition coefficient (Wildman–Crippen LogP) is 3.61. The van der Waals surface area contributed by atoms with Crippen LogP contribution in [0.25, 0.3) is 11.3 Å². The lowest BCUT2D eigenvalue weighted by Crippen LogP contribution is -2.30. The van der Waals surface area contributed by atoms with Gasteiger partial charge in [0.25, 0.3) is 0 Å². The highest BCUT2D eigenvalue weighted by atomic mass is 32.2. The molecule has 1 saturated carbocycles. The zero-order valence-corrected chi connectivity index (χ0v) is 18.4. The van der Waals surface area contributed by atoms with E-state index in [-0.39, 0.29) is 17.2 Å². The molecule has 0 saturated heterocycles. The van der Waals surface area contributed by atoms with E-state index < -0.39 is 9.84 Å². The van der Waals surface area contributed by atoms with Crippen LogP contribution in [0.1, 0.15) is 43.5 Å². The summed E-state index contributed by atoms with van der Waals surface area (Å²) in [7, 11) is -3.21. The zero-order chi connectivity index (χ0) is 20.7. The fourth-order valence-corrected chi connectivity index (χ4v) is 4.85. The van der Waals surface area contributed by atoms with Crippen molar-refractivity contribution in [1.29, 1.82) is 0 Å². The van der Waals surface area contributed by atoms with Crippen LogP contribution in [-0.4, -0.2) is 44.8 Å². The van der Waals surface area contributed by atoms with Crippen LogP contribution in [0.15, 0.2) is 34.5 Å². The Morgan fingerprint density at radius 1 is 1.17 bits per heavy atom. The third kappa shape index (κ3) is 6.90. The van der Waals surface area contributed by atoms with Crippen LogP contribution in [-0.2, 0) is 25.8 Å². The van der Waals surface area contributed by atoms with Crippen LogP contribution < -0.4 is 5.32 Å². The molecule has 29 heavy (non-hydrogen) atoms. The van der Waals surface area contributed by atoms with Gasteiger partial charge < -0.3 is 10.1 Å². The highest BCUT2D eigenvalue weighted by molar-refractivity contribution is 7.90. The Morgan fingerprint density at radius 2 is 1.86 bits per heavy atom. The molecule has 3 rings (SSSR count). The molecular weight excluding hydrogens is 408 g/mol. The molecule has 0 unspecified atom stereocenters. The van der Waals surface area contributed by atoms with Crippen LogP contribution in [0.4, 0.5) is 0 Å². The first-order chi connectivity index (χ1) is 13.9. The number of nitrogens with one attached hydrogen (secondary N) is 1. The van der Waals surface area contributed by atoms with Gasteiger partial charge in [0.2, 0.25) is 5.91 Å². The second-order valence-corrected chi connectivity index (χ2v) is 10.4. The van der Waals surface area contributed by atoms with E-state index in [4.69, 9.17) is 4.74 Å². The quantitative estimate of drug-likeness (QED) is 0.505. The Hall–Kier alpha value is -1.77. The average Bonchev–Trinajstić information content (AvgIpc) is 2.99. The SMILES string of the molecule is CS(=O)(=O)c1ccc(-c2csc(CC(=O)NCCOC3CCCCCC3)n2)cc1. The largest absolute Gasteiger partial charge is 0.376 e. The first-order valence-electron chi connectivity index (χ1n) is 10.0. The minimum Gasteiger partial charge on any atom is -0.376 e. The van der Waals surface area contributed by atoms with Crippen molar-refractivity contribution in [3.05, 3.63) is 34.7 Å². The number of thiazole rings is 1. The monoisotopic (exact) mass is 436 g/mol. The molecule has 1 heterocycles. The highest BCUT2D eigenvalue weighted by Gasteiger charge is 2.13. The molecule has 6 nitrogen and oxygen atoms in total. The molecule has 0 aliphatic heterocycles. The van der Waals surface area contributed by atoms with Gasteiger partial charge in [-0.3, -0.25) is 4.79 Å². The van der Waals surface area contributed by atoms with Gasteiger partial charge in [-0.2, -0.15) is 0 Å². The number of ether oxygens (including phenoxy) is 1. The lowest BCUT2D eigenvalue weighted by atomic mass is 10.1. The summed E-state index contributed by atoms with van der Waals surface area (Å²) < 4.78 is 29.0. The number of amides is 1. The molecule has 8 heteroatoms. The van der Waals surface area contributed by atoms with Gasteiger partial charge in [0.15, 0.2) is 9.84 Å². The number of nitrogens with zero attached hydrogens (tertiary/aromatic N) is 1. The van der Waals surface area contributed by atoms with Crippen molar-refractivity contribution in [3.63, 3.8) is 0 Å². The van der Waals surface area contributed by atoms with Crippen molar-refractivity contribution in [2.45, 2.75) is 55.9 Å². The molecule has 0 atom stereocenters. The number of rotatable bonds is 8. The lowest BCUT2D eigenvalue weighted by Gasteiger charge is -2.15. The second kappa shape index (κ2) is 10.3. The summed E-state index contributed by atoms with van der Waals surface area (Å²) in [6.07, 6.45) is 9.08. The first-order valence-corrected chi connectivity index (χ1v) is 12.8. The summed E-state index contributed by atoms with van der Waals surface area (Å²) in [5.74, 6) is -0.0669.